The summed E-state index contributed by atoms with van der Waals surface area (Å²) in [6.07, 6.45) is 0. The highest BCUT2D eigenvalue weighted by Crippen LogP contribution is 2.08. The second kappa shape index (κ2) is 4.11. The van der Waals surface area contributed by atoms with E-state index in [0.29, 0.717) is 19.9 Å². The Morgan fingerprint density at radius 3 is 2.79 bits per heavy atom. The Bertz CT molecular complexity index is 307. The molecule has 1 aromatic carbocycles. The third-order valence-electron chi connectivity index (χ3n) is 2.06. The number of anilines is 1. The average Bonchev–Trinajstić information content (AvgIpc) is 2.72. The zero-order chi connectivity index (χ0) is 9.80. The van der Waals surface area contributed by atoms with Crippen molar-refractivity contribution in [3.05, 3.63) is 30.3 Å². The summed E-state index contributed by atoms with van der Waals surface area (Å²) < 4.78 is 5.08. The Morgan fingerprint density at radius 2 is 2.14 bits per heavy atom. The summed E-state index contributed by atoms with van der Waals surface area (Å²) in [7, 11) is 0. The summed E-state index contributed by atoms with van der Waals surface area (Å²) in [4.78, 5) is 13.2. The molecule has 1 aliphatic heterocycles. The predicted octanol–water partition coefficient (Wildman–Crippen LogP) is 1.51. The first kappa shape index (κ1) is 9.02. The number of hydrogen-bond donors (Lipinski definition) is 1. The first-order valence-corrected chi connectivity index (χ1v) is 4.55. The fourth-order valence-electron chi connectivity index (χ4n) is 1.30. The Kier molecular flexibility index (Phi) is 2.65. The molecule has 14 heavy (non-hydrogen) atoms. The van der Waals surface area contributed by atoms with Crippen LogP contribution in [-0.2, 0) is 4.74 Å². The van der Waals surface area contributed by atoms with Gasteiger partial charge in [-0.05, 0) is 12.1 Å². The van der Waals surface area contributed by atoms with Crippen molar-refractivity contribution in [1.82, 2.24) is 4.90 Å². The number of nitrogens with one attached hydrogen (secondary N) is 1. The van der Waals surface area contributed by atoms with Crippen LogP contribution in [0.5, 0.6) is 0 Å². The lowest BCUT2D eigenvalue weighted by molar-refractivity contribution is 0.150. The van der Waals surface area contributed by atoms with E-state index in [4.69, 9.17) is 4.74 Å². The molecule has 4 heteroatoms. The molecule has 1 fully saturated rings. The second-order valence-electron chi connectivity index (χ2n) is 3.10. The molecule has 1 saturated heterocycles. The van der Waals surface area contributed by atoms with Crippen LogP contribution < -0.4 is 5.32 Å². The van der Waals surface area contributed by atoms with Gasteiger partial charge in [0.15, 0.2) is 0 Å². The van der Waals surface area contributed by atoms with Crippen LogP contribution in [0.2, 0.25) is 0 Å². The molecule has 2 amide bonds. The lowest BCUT2D eigenvalue weighted by Gasteiger charge is -2.14. The zero-order valence-electron chi connectivity index (χ0n) is 7.77. The van der Waals surface area contributed by atoms with Gasteiger partial charge in [0, 0.05) is 12.2 Å². The van der Waals surface area contributed by atoms with Crippen LogP contribution >= 0.6 is 0 Å². The summed E-state index contributed by atoms with van der Waals surface area (Å²) in [6, 6.07) is 9.29. The van der Waals surface area contributed by atoms with Gasteiger partial charge >= 0.3 is 6.03 Å². The molecule has 1 aromatic rings. The van der Waals surface area contributed by atoms with E-state index < -0.39 is 0 Å². The van der Waals surface area contributed by atoms with Crippen molar-refractivity contribution in [1.29, 1.82) is 0 Å². The molecule has 0 spiro atoms. The van der Waals surface area contributed by atoms with Gasteiger partial charge in [0.25, 0.3) is 0 Å². The molecule has 1 heterocycles. The fraction of sp³-hybridized carbons (Fsp3) is 0.300. The van der Waals surface area contributed by atoms with Crippen molar-refractivity contribution in [2.75, 3.05) is 25.2 Å². The van der Waals surface area contributed by atoms with Crippen molar-refractivity contribution < 1.29 is 9.53 Å². The minimum absolute atomic E-state index is 0.103. The van der Waals surface area contributed by atoms with Crippen LogP contribution in [-0.4, -0.2) is 30.8 Å². The number of hydrogen-bond acceptors (Lipinski definition) is 2. The molecule has 0 atom stereocenters. The SMILES string of the molecule is O=C(Nc1ccccc1)N1CCOC1. The highest BCUT2D eigenvalue weighted by molar-refractivity contribution is 5.89. The van der Waals surface area contributed by atoms with Gasteiger partial charge in [-0.25, -0.2) is 4.79 Å². The third kappa shape index (κ3) is 2.03. The number of carbonyl (C=O) groups excluding carboxylic acids is 1. The number of urea groups is 1. The summed E-state index contributed by atoms with van der Waals surface area (Å²) in [5.41, 5.74) is 0.810. The largest absolute Gasteiger partial charge is 0.359 e. The first-order valence-electron chi connectivity index (χ1n) is 4.55. The molecule has 1 N–H and O–H groups in total. The molecule has 4 nitrogen and oxygen atoms in total. The summed E-state index contributed by atoms with van der Waals surface area (Å²) in [5.74, 6) is 0. The zero-order valence-corrected chi connectivity index (χ0v) is 7.77. The lowest BCUT2D eigenvalue weighted by atomic mass is 10.3. The molecule has 1 aliphatic rings. The fourth-order valence-corrected chi connectivity index (χ4v) is 1.30. The maximum Gasteiger partial charge on any atom is 0.323 e. The number of rotatable bonds is 1. The topological polar surface area (TPSA) is 41.6 Å². The van der Waals surface area contributed by atoms with Gasteiger partial charge in [0.05, 0.1) is 6.61 Å². The average molecular weight is 192 g/mol. The number of carbonyl (C=O) groups is 1. The van der Waals surface area contributed by atoms with E-state index in [0.717, 1.165) is 5.69 Å². The standard InChI is InChI=1S/C10H12N2O2/c13-10(12-6-7-14-8-12)11-9-4-2-1-3-5-9/h1-5H,6-8H2,(H,11,13). The van der Waals surface area contributed by atoms with Gasteiger partial charge in [-0.1, -0.05) is 18.2 Å². The quantitative estimate of drug-likeness (QED) is 0.732. The summed E-state index contributed by atoms with van der Waals surface area (Å²) >= 11 is 0. The van der Waals surface area contributed by atoms with Crippen LogP contribution in [0, 0.1) is 0 Å². The molecule has 74 valence electrons. The number of para-hydroxylation sites is 1. The molecule has 0 unspecified atom stereocenters. The molecule has 0 aliphatic carbocycles. The van der Waals surface area contributed by atoms with E-state index in [9.17, 15) is 4.79 Å². The highest BCUT2D eigenvalue weighted by atomic mass is 16.5. The van der Waals surface area contributed by atoms with E-state index in [1.807, 2.05) is 30.3 Å². The Labute approximate surface area is 82.5 Å². The molecule has 0 bridgehead atoms. The van der Waals surface area contributed by atoms with E-state index in [-0.39, 0.29) is 6.03 Å². The van der Waals surface area contributed by atoms with Crippen LogP contribution in [0.4, 0.5) is 10.5 Å². The summed E-state index contributed by atoms with van der Waals surface area (Å²) in [5, 5.41) is 2.79. The number of amides is 2. The van der Waals surface area contributed by atoms with Gasteiger partial charge in [0.2, 0.25) is 0 Å². The molecule has 0 radical (unpaired) electrons. The van der Waals surface area contributed by atoms with Crippen LogP contribution in [0.1, 0.15) is 0 Å². The third-order valence-corrected chi connectivity index (χ3v) is 2.06. The second-order valence-corrected chi connectivity index (χ2v) is 3.10. The van der Waals surface area contributed by atoms with Crippen molar-refractivity contribution >= 4 is 11.7 Å². The minimum atomic E-state index is -0.103. The van der Waals surface area contributed by atoms with Crippen LogP contribution in [0.15, 0.2) is 30.3 Å². The normalized spacial score (nSPS) is 15.6. The molecule has 0 aromatic heterocycles. The van der Waals surface area contributed by atoms with Gasteiger partial charge in [-0.15, -0.1) is 0 Å². The van der Waals surface area contributed by atoms with E-state index in [2.05, 4.69) is 5.32 Å². The molecule has 0 saturated carbocycles. The highest BCUT2D eigenvalue weighted by Gasteiger charge is 2.17. The summed E-state index contributed by atoms with van der Waals surface area (Å²) in [6.45, 7) is 1.68. The van der Waals surface area contributed by atoms with Gasteiger partial charge in [-0.3, -0.25) is 4.90 Å². The van der Waals surface area contributed by atoms with Gasteiger partial charge in [0.1, 0.15) is 6.73 Å². The smallest absolute Gasteiger partial charge is 0.323 e. The maximum absolute atomic E-state index is 11.5. The molecular weight excluding hydrogens is 180 g/mol. The predicted molar refractivity (Wildman–Crippen MR) is 53.0 cm³/mol. The number of ether oxygens (including phenoxy) is 1. The number of benzene rings is 1. The Balaban J connectivity index is 1.94. The van der Waals surface area contributed by atoms with Crippen molar-refractivity contribution in [3.8, 4) is 0 Å². The van der Waals surface area contributed by atoms with Gasteiger partial charge < -0.3 is 10.1 Å². The van der Waals surface area contributed by atoms with Crippen molar-refractivity contribution in [2.45, 2.75) is 0 Å². The Hall–Kier alpha value is -1.55. The lowest BCUT2D eigenvalue weighted by Crippen LogP contribution is -2.32. The van der Waals surface area contributed by atoms with E-state index >= 15 is 0 Å². The molecular formula is C10H12N2O2. The number of nitrogens with zero attached hydrogens (tertiary/aromatic N) is 1. The van der Waals surface area contributed by atoms with Crippen LogP contribution in [0.25, 0.3) is 0 Å². The maximum atomic E-state index is 11.5. The van der Waals surface area contributed by atoms with Crippen molar-refractivity contribution in [2.24, 2.45) is 0 Å². The monoisotopic (exact) mass is 192 g/mol. The Morgan fingerprint density at radius 1 is 1.36 bits per heavy atom. The molecule has 2 rings (SSSR count). The van der Waals surface area contributed by atoms with Gasteiger partial charge in [-0.2, -0.15) is 0 Å². The first-order chi connectivity index (χ1) is 6.86. The van der Waals surface area contributed by atoms with E-state index in [1.165, 1.54) is 0 Å². The van der Waals surface area contributed by atoms with E-state index in [1.54, 1.807) is 4.90 Å². The van der Waals surface area contributed by atoms with Crippen LogP contribution in [0.3, 0.4) is 0 Å². The minimum Gasteiger partial charge on any atom is -0.359 e. The van der Waals surface area contributed by atoms with Crippen molar-refractivity contribution in [3.63, 3.8) is 0 Å².